The molecule has 0 aliphatic carbocycles. The Morgan fingerprint density at radius 1 is 1.07 bits per heavy atom. The molecule has 5 rings (SSSR count). The van der Waals surface area contributed by atoms with Crippen molar-refractivity contribution in [2.75, 3.05) is 18.5 Å². The SMILES string of the molecule is CCN1C(=O)C(=C2Sc3ccccc3N2C)SC1=Nc1ccc2ncccc2c1. The molecule has 5 nitrogen and oxygen atoms in total. The minimum absolute atomic E-state index is 0.0147. The van der Waals surface area contributed by atoms with Crippen molar-refractivity contribution in [1.82, 2.24) is 9.88 Å². The number of pyridine rings is 1. The molecule has 2 aliphatic heterocycles. The Morgan fingerprint density at radius 2 is 1.93 bits per heavy atom. The van der Waals surface area contributed by atoms with E-state index in [-0.39, 0.29) is 5.91 Å². The molecule has 0 unspecified atom stereocenters. The highest BCUT2D eigenvalue weighted by Gasteiger charge is 2.38. The standard InChI is InChI=1S/C22H18N4OS2/c1-3-26-20(27)19(21-25(2)17-8-4-5-9-18(17)28-21)29-22(26)24-15-10-11-16-14(13-15)7-6-12-23-16/h4-13H,3H2,1-2H3. The average molecular weight is 419 g/mol. The normalized spacial score (nSPS) is 20.2. The van der Waals surface area contributed by atoms with Crippen LogP contribution in [0, 0.1) is 0 Å². The molecule has 3 aromatic rings. The number of thioether (sulfide) groups is 2. The number of anilines is 1. The number of aromatic nitrogens is 1. The van der Waals surface area contributed by atoms with Crippen LogP contribution in [0.1, 0.15) is 6.92 Å². The fourth-order valence-electron chi connectivity index (χ4n) is 3.44. The summed E-state index contributed by atoms with van der Waals surface area (Å²) in [5.41, 5.74) is 2.88. The first-order valence-electron chi connectivity index (χ1n) is 9.34. The van der Waals surface area contributed by atoms with Crippen molar-refractivity contribution in [2.24, 2.45) is 4.99 Å². The fourth-order valence-corrected chi connectivity index (χ4v) is 5.85. The number of hydrogen-bond acceptors (Lipinski definition) is 6. The molecular weight excluding hydrogens is 400 g/mol. The van der Waals surface area contributed by atoms with Gasteiger partial charge in [0.05, 0.1) is 21.9 Å². The Balaban J connectivity index is 1.54. The molecular formula is C22H18N4OS2. The number of likely N-dealkylation sites (N-methyl/N-ethyl adjacent to an activating group) is 1. The first-order chi connectivity index (χ1) is 14.2. The smallest absolute Gasteiger partial charge is 0.269 e. The van der Waals surface area contributed by atoms with Crippen molar-refractivity contribution in [3.63, 3.8) is 0 Å². The number of nitrogens with zero attached hydrogens (tertiary/aromatic N) is 4. The van der Waals surface area contributed by atoms with E-state index in [2.05, 4.69) is 22.0 Å². The van der Waals surface area contributed by atoms with Gasteiger partial charge >= 0.3 is 0 Å². The predicted molar refractivity (Wildman–Crippen MR) is 122 cm³/mol. The van der Waals surface area contributed by atoms with E-state index in [1.165, 1.54) is 16.7 Å². The van der Waals surface area contributed by atoms with E-state index in [9.17, 15) is 4.79 Å². The van der Waals surface area contributed by atoms with Crippen LogP contribution in [0.5, 0.6) is 0 Å². The summed E-state index contributed by atoms with van der Waals surface area (Å²) in [5.74, 6) is 0.0147. The topological polar surface area (TPSA) is 48.8 Å². The summed E-state index contributed by atoms with van der Waals surface area (Å²) in [6.45, 7) is 2.56. The maximum absolute atomic E-state index is 13.1. The summed E-state index contributed by atoms with van der Waals surface area (Å²) < 4.78 is 0. The molecule has 0 spiro atoms. The second-order valence-corrected chi connectivity index (χ2v) is 8.70. The maximum Gasteiger partial charge on any atom is 0.269 e. The molecule has 1 saturated heterocycles. The van der Waals surface area contributed by atoms with Crippen LogP contribution in [0.2, 0.25) is 0 Å². The van der Waals surface area contributed by atoms with Crippen LogP contribution in [0.15, 0.2) is 80.6 Å². The molecule has 2 aliphatic rings. The van der Waals surface area contributed by atoms with Gasteiger partial charge in [-0.3, -0.25) is 14.7 Å². The van der Waals surface area contributed by atoms with E-state index in [1.807, 2.05) is 56.4 Å². The van der Waals surface area contributed by atoms with Gasteiger partial charge in [-0.05, 0) is 55.1 Å². The van der Waals surface area contributed by atoms with Gasteiger partial charge in [0.25, 0.3) is 5.91 Å². The van der Waals surface area contributed by atoms with Crippen molar-refractivity contribution in [2.45, 2.75) is 11.8 Å². The molecule has 1 fully saturated rings. The van der Waals surface area contributed by atoms with Crippen LogP contribution < -0.4 is 4.90 Å². The number of carbonyl (C=O) groups excluding carboxylic acids is 1. The average Bonchev–Trinajstić information content (AvgIpc) is 3.24. The van der Waals surface area contributed by atoms with Crippen LogP contribution >= 0.6 is 23.5 Å². The first kappa shape index (κ1) is 18.3. The minimum atomic E-state index is 0.0147. The molecule has 0 radical (unpaired) electrons. The monoisotopic (exact) mass is 418 g/mol. The number of amidine groups is 1. The summed E-state index contributed by atoms with van der Waals surface area (Å²) in [6, 6.07) is 18.1. The summed E-state index contributed by atoms with van der Waals surface area (Å²) >= 11 is 3.09. The Kier molecular flexibility index (Phi) is 4.56. The molecule has 29 heavy (non-hydrogen) atoms. The lowest BCUT2D eigenvalue weighted by Crippen LogP contribution is -2.29. The molecule has 3 heterocycles. The fraction of sp³-hybridized carbons (Fsp3) is 0.136. The van der Waals surface area contributed by atoms with E-state index >= 15 is 0 Å². The van der Waals surface area contributed by atoms with Gasteiger partial charge < -0.3 is 4.90 Å². The number of carbonyl (C=O) groups is 1. The molecule has 0 N–H and O–H groups in total. The number of fused-ring (bicyclic) bond motifs is 2. The van der Waals surface area contributed by atoms with Crippen molar-refractivity contribution in [3.8, 4) is 0 Å². The third kappa shape index (κ3) is 3.10. The van der Waals surface area contributed by atoms with Crippen LogP contribution in [0.3, 0.4) is 0 Å². The number of benzene rings is 2. The van der Waals surface area contributed by atoms with Gasteiger partial charge in [-0.2, -0.15) is 0 Å². The van der Waals surface area contributed by atoms with Gasteiger partial charge in [0, 0.05) is 30.1 Å². The third-order valence-electron chi connectivity index (χ3n) is 4.92. The molecule has 1 aromatic heterocycles. The third-order valence-corrected chi connectivity index (χ3v) is 7.36. The molecule has 7 heteroatoms. The predicted octanol–water partition coefficient (Wildman–Crippen LogP) is 5.23. The number of aliphatic imine (C=N–C) groups is 1. The highest BCUT2D eigenvalue weighted by Crippen LogP contribution is 2.49. The van der Waals surface area contributed by atoms with Gasteiger partial charge in [-0.25, -0.2) is 4.99 Å². The minimum Gasteiger partial charge on any atom is -0.337 e. The summed E-state index contributed by atoms with van der Waals surface area (Å²) in [4.78, 5) is 28.1. The Hall–Kier alpha value is -2.77. The first-order valence-corrected chi connectivity index (χ1v) is 11.0. The lowest BCUT2D eigenvalue weighted by molar-refractivity contribution is -0.122. The maximum atomic E-state index is 13.1. The summed E-state index contributed by atoms with van der Waals surface area (Å²) in [6.07, 6.45) is 1.78. The van der Waals surface area contributed by atoms with Gasteiger partial charge in [0.1, 0.15) is 4.91 Å². The van der Waals surface area contributed by atoms with E-state index < -0.39 is 0 Å². The van der Waals surface area contributed by atoms with Crippen molar-refractivity contribution < 1.29 is 4.79 Å². The number of hydrogen-bond donors (Lipinski definition) is 0. The summed E-state index contributed by atoms with van der Waals surface area (Å²) in [5, 5.41) is 2.72. The highest BCUT2D eigenvalue weighted by molar-refractivity contribution is 8.19. The molecule has 1 amide bonds. The number of para-hydroxylation sites is 1. The zero-order chi connectivity index (χ0) is 20.0. The van der Waals surface area contributed by atoms with Crippen LogP contribution in [0.4, 0.5) is 11.4 Å². The van der Waals surface area contributed by atoms with E-state index in [0.717, 1.165) is 32.2 Å². The number of amides is 1. The van der Waals surface area contributed by atoms with Crippen LogP contribution in [-0.4, -0.2) is 34.6 Å². The zero-order valence-corrected chi connectivity index (χ0v) is 17.6. The van der Waals surface area contributed by atoms with E-state index in [1.54, 1.807) is 22.9 Å². The lowest BCUT2D eigenvalue weighted by Gasteiger charge is -2.15. The number of rotatable bonds is 2. The highest BCUT2D eigenvalue weighted by atomic mass is 32.2. The van der Waals surface area contributed by atoms with Gasteiger partial charge in [-0.1, -0.05) is 30.0 Å². The quantitative estimate of drug-likeness (QED) is 0.534. The van der Waals surface area contributed by atoms with Crippen LogP contribution in [-0.2, 0) is 4.79 Å². The Morgan fingerprint density at radius 3 is 2.76 bits per heavy atom. The zero-order valence-electron chi connectivity index (χ0n) is 16.0. The second kappa shape index (κ2) is 7.24. The van der Waals surface area contributed by atoms with Crippen molar-refractivity contribution in [1.29, 1.82) is 0 Å². The van der Waals surface area contributed by atoms with E-state index in [0.29, 0.717) is 11.7 Å². The molecule has 0 atom stereocenters. The van der Waals surface area contributed by atoms with Crippen molar-refractivity contribution >= 4 is 56.9 Å². The summed E-state index contributed by atoms with van der Waals surface area (Å²) in [7, 11) is 2.01. The Labute approximate surface area is 177 Å². The largest absolute Gasteiger partial charge is 0.337 e. The lowest BCUT2D eigenvalue weighted by atomic mass is 10.2. The van der Waals surface area contributed by atoms with E-state index in [4.69, 9.17) is 4.99 Å². The van der Waals surface area contributed by atoms with Gasteiger partial charge in [0.2, 0.25) is 0 Å². The van der Waals surface area contributed by atoms with Crippen LogP contribution in [0.25, 0.3) is 10.9 Å². The molecule has 144 valence electrons. The second-order valence-electron chi connectivity index (χ2n) is 6.69. The van der Waals surface area contributed by atoms with Crippen molar-refractivity contribution in [3.05, 3.63) is 70.7 Å². The molecule has 0 bridgehead atoms. The molecule has 0 saturated carbocycles. The van der Waals surface area contributed by atoms with Gasteiger partial charge in [0.15, 0.2) is 5.17 Å². The van der Waals surface area contributed by atoms with Gasteiger partial charge in [-0.15, -0.1) is 0 Å². The molecule has 2 aromatic carbocycles. The Bertz CT molecular complexity index is 1200.